The van der Waals surface area contributed by atoms with Crippen molar-refractivity contribution >= 4 is 5.96 Å². The molecule has 0 fully saturated rings. The Bertz CT molecular complexity index is 865. The van der Waals surface area contributed by atoms with Crippen LogP contribution >= 0.6 is 0 Å². The van der Waals surface area contributed by atoms with Crippen LogP contribution in [0.4, 0.5) is 13.2 Å². The van der Waals surface area contributed by atoms with Gasteiger partial charge in [-0.1, -0.05) is 6.07 Å². The Hall–Kier alpha value is -2.91. The van der Waals surface area contributed by atoms with Gasteiger partial charge in [0.2, 0.25) is 0 Å². The first-order valence-corrected chi connectivity index (χ1v) is 9.66. The smallest absolute Gasteiger partial charge is 0.435 e. The Kier molecular flexibility index (Phi) is 7.96. The van der Waals surface area contributed by atoms with Gasteiger partial charge in [-0.25, -0.2) is 0 Å². The highest BCUT2D eigenvalue weighted by Gasteiger charge is 2.36. The summed E-state index contributed by atoms with van der Waals surface area (Å²) in [5.74, 6) is 1.67. The Balaban J connectivity index is 2.09. The maximum absolute atomic E-state index is 13.1. The number of aliphatic imine (C=N–C) groups is 1. The quantitative estimate of drug-likeness (QED) is 0.497. The molecular formula is C20H28F3N5O2. The van der Waals surface area contributed by atoms with E-state index >= 15 is 0 Å². The predicted octanol–water partition coefficient (Wildman–Crippen LogP) is 3.66. The zero-order valence-electron chi connectivity index (χ0n) is 17.8. The molecule has 0 saturated carbocycles. The Morgan fingerprint density at radius 1 is 1.20 bits per heavy atom. The van der Waals surface area contributed by atoms with Gasteiger partial charge < -0.3 is 20.1 Å². The summed E-state index contributed by atoms with van der Waals surface area (Å²) < 4.78 is 51.7. The Morgan fingerprint density at radius 2 is 1.87 bits per heavy atom. The number of aryl methyl sites for hydroxylation is 1. The molecule has 30 heavy (non-hydrogen) atoms. The molecule has 0 aliphatic rings. The van der Waals surface area contributed by atoms with Gasteiger partial charge in [-0.15, -0.1) is 0 Å². The lowest BCUT2D eigenvalue weighted by molar-refractivity contribution is -0.142. The van der Waals surface area contributed by atoms with Crippen molar-refractivity contribution in [2.45, 2.75) is 39.5 Å². The SMILES string of the molecule is CCOc1ccc(C(C)NC(=NC)NCc2cn(C)nc2C(F)(F)F)cc1OCC. The number of hydrogen-bond donors (Lipinski definition) is 2. The molecule has 7 nitrogen and oxygen atoms in total. The fourth-order valence-electron chi connectivity index (χ4n) is 2.90. The Labute approximate surface area is 174 Å². The summed E-state index contributed by atoms with van der Waals surface area (Å²) in [5, 5.41) is 9.60. The normalized spacial score (nSPS) is 13.1. The van der Waals surface area contributed by atoms with Gasteiger partial charge in [-0.3, -0.25) is 9.67 Å². The van der Waals surface area contributed by atoms with Crippen molar-refractivity contribution in [1.29, 1.82) is 0 Å². The number of aromatic nitrogens is 2. The standard InChI is InChI=1S/C20H28F3N5O2/c1-6-29-16-9-8-14(10-17(16)30-7-2)13(3)26-19(24-4)25-11-15-12-28(5)27-18(15)20(21,22)23/h8-10,12-13H,6-7,11H2,1-5H3,(H2,24,25,26). The van der Waals surface area contributed by atoms with E-state index in [0.717, 1.165) is 10.2 Å². The molecule has 0 radical (unpaired) electrons. The molecule has 2 N–H and O–H groups in total. The summed E-state index contributed by atoms with van der Waals surface area (Å²) in [7, 11) is 3.01. The van der Waals surface area contributed by atoms with Crippen LogP contribution in [0.15, 0.2) is 29.4 Å². The second-order valence-electron chi connectivity index (χ2n) is 6.54. The van der Waals surface area contributed by atoms with Crippen molar-refractivity contribution in [3.63, 3.8) is 0 Å². The van der Waals surface area contributed by atoms with Crippen molar-refractivity contribution in [2.24, 2.45) is 12.0 Å². The van der Waals surface area contributed by atoms with E-state index in [1.807, 2.05) is 39.0 Å². The first-order chi connectivity index (χ1) is 14.2. The van der Waals surface area contributed by atoms with Crippen molar-refractivity contribution in [1.82, 2.24) is 20.4 Å². The van der Waals surface area contributed by atoms with Crippen molar-refractivity contribution < 1.29 is 22.6 Å². The number of nitrogens with one attached hydrogen (secondary N) is 2. The monoisotopic (exact) mass is 427 g/mol. The molecule has 1 unspecified atom stereocenters. The molecule has 0 aliphatic carbocycles. The number of guanidine groups is 1. The van der Waals surface area contributed by atoms with Crippen LogP contribution in [0.3, 0.4) is 0 Å². The van der Waals surface area contributed by atoms with Gasteiger partial charge in [0.15, 0.2) is 23.2 Å². The van der Waals surface area contributed by atoms with Crippen LogP contribution in [0.5, 0.6) is 11.5 Å². The van der Waals surface area contributed by atoms with Crippen LogP contribution < -0.4 is 20.1 Å². The molecule has 0 saturated heterocycles. The fraction of sp³-hybridized carbons (Fsp3) is 0.500. The van der Waals surface area contributed by atoms with Crippen molar-refractivity contribution in [2.75, 3.05) is 20.3 Å². The number of rotatable bonds is 8. The maximum atomic E-state index is 13.1. The summed E-state index contributed by atoms with van der Waals surface area (Å²) >= 11 is 0. The molecule has 1 aromatic carbocycles. The van der Waals surface area contributed by atoms with Gasteiger partial charge >= 0.3 is 6.18 Å². The second kappa shape index (κ2) is 10.2. The minimum absolute atomic E-state index is 0.0419. The van der Waals surface area contributed by atoms with E-state index in [4.69, 9.17) is 9.47 Å². The highest BCUT2D eigenvalue weighted by atomic mass is 19.4. The van der Waals surface area contributed by atoms with Gasteiger partial charge in [-0.2, -0.15) is 18.3 Å². The van der Waals surface area contributed by atoms with E-state index in [-0.39, 0.29) is 18.2 Å². The third kappa shape index (κ3) is 6.04. The molecule has 1 heterocycles. The molecule has 1 atom stereocenters. The second-order valence-corrected chi connectivity index (χ2v) is 6.54. The van der Waals surface area contributed by atoms with Crippen LogP contribution in [0.1, 0.15) is 43.6 Å². The third-order valence-corrected chi connectivity index (χ3v) is 4.26. The van der Waals surface area contributed by atoms with E-state index < -0.39 is 11.9 Å². The van der Waals surface area contributed by atoms with Crippen LogP contribution in [-0.2, 0) is 19.8 Å². The van der Waals surface area contributed by atoms with Crippen LogP contribution in [-0.4, -0.2) is 36.0 Å². The highest BCUT2D eigenvalue weighted by Crippen LogP contribution is 2.31. The number of nitrogens with zero attached hydrogens (tertiary/aromatic N) is 3. The van der Waals surface area contributed by atoms with E-state index in [1.165, 1.54) is 13.2 Å². The van der Waals surface area contributed by atoms with E-state index in [2.05, 4.69) is 20.7 Å². The van der Waals surface area contributed by atoms with E-state index in [1.54, 1.807) is 7.05 Å². The summed E-state index contributed by atoms with van der Waals surface area (Å²) in [6.07, 6.45) is -3.17. The van der Waals surface area contributed by atoms with Crippen LogP contribution in [0, 0.1) is 0 Å². The average molecular weight is 427 g/mol. The topological polar surface area (TPSA) is 72.7 Å². The number of benzene rings is 1. The molecule has 0 bridgehead atoms. The first kappa shape index (κ1) is 23.4. The predicted molar refractivity (Wildman–Crippen MR) is 109 cm³/mol. The van der Waals surface area contributed by atoms with Gasteiger partial charge in [0.1, 0.15) is 0 Å². The van der Waals surface area contributed by atoms with Gasteiger partial charge in [0, 0.05) is 32.4 Å². The molecule has 10 heteroatoms. The van der Waals surface area contributed by atoms with Crippen molar-refractivity contribution in [3.8, 4) is 11.5 Å². The summed E-state index contributed by atoms with van der Waals surface area (Å²) in [4.78, 5) is 4.10. The molecular weight excluding hydrogens is 399 g/mol. The summed E-state index contributed by atoms with van der Waals surface area (Å²) in [6, 6.07) is 5.44. The number of halogens is 3. The lowest BCUT2D eigenvalue weighted by atomic mass is 10.1. The minimum atomic E-state index is -4.51. The zero-order valence-corrected chi connectivity index (χ0v) is 17.8. The van der Waals surface area contributed by atoms with Gasteiger partial charge in [0.25, 0.3) is 0 Å². The van der Waals surface area contributed by atoms with Gasteiger partial charge in [0.05, 0.1) is 19.3 Å². The van der Waals surface area contributed by atoms with E-state index in [0.29, 0.717) is 30.7 Å². The fourth-order valence-corrected chi connectivity index (χ4v) is 2.90. The zero-order chi connectivity index (χ0) is 22.3. The number of hydrogen-bond acceptors (Lipinski definition) is 4. The average Bonchev–Trinajstić information content (AvgIpc) is 3.07. The molecule has 2 aromatic rings. The van der Waals surface area contributed by atoms with Crippen LogP contribution in [0.25, 0.3) is 0 Å². The largest absolute Gasteiger partial charge is 0.490 e. The van der Waals surface area contributed by atoms with Gasteiger partial charge in [-0.05, 0) is 38.5 Å². The first-order valence-electron chi connectivity index (χ1n) is 9.66. The molecule has 1 aromatic heterocycles. The molecule has 166 valence electrons. The molecule has 0 spiro atoms. The van der Waals surface area contributed by atoms with E-state index in [9.17, 15) is 13.2 Å². The lowest BCUT2D eigenvalue weighted by Crippen LogP contribution is -2.38. The number of alkyl halides is 3. The Morgan fingerprint density at radius 3 is 2.47 bits per heavy atom. The highest BCUT2D eigenvalue weighted by molar-refractivity contribution is 5.80. The third-order valence-electron chi connectivity index (χ3n) is 4.26. The number of ether oxygens (including phenoxy) is 2. The van der Waals surface area contributed by atoms with Crippen LogP contribution in [0.2, 0.25) is 0 Å². The van der Waals surface area contributed by atoms with Crippen molar-refractivity contribution in [3.05, 3.63) is 41.2 Å². The lowest BCUT2D eigenvalue weighted by Gasteiger charge is -2.20. The molecule has 2 rings (SSSR count). The minimum Gasteiger partial charge on any atom is -0.490 e. The molecule has 0 aliphatic heterocycles. The summed E-state index contributed by atoms with van der Waals surface area (Å²) in [5.41, 5.74) is 0.0522. The summed E-state index contributed by atoms with van der Waals surface area (Å²) in [6.45, 7) is 6.67. The maximum Gasteiger partial charge on any atom is 0.435 e. The molecule has 0 amide bonds.